The number of benzene rings is 1. The minimum absolute atomic E-state index is 0.485. The Morgan fingerprint density at radius 3 is 3.00 bits per heavy atom. The van der Waals surface area contributed by atoms with Gasteiger partial charge in [-0.25, -0.2) is 4.98 Å². The van der Waals surface area contributed by atoms with E-state index in [9.17, 15) is 0 Å². The number of rotatable bonds is 4. The summed E-state index contributed by atoms with van der Waals surface area (Å²) in [5.74, 6) is 0.738. The van der Waals surface area contributed by atoms with Crippen molar-refractivity contribution in [2.45, 2.75) is 32.9 Å². The molecule has 16 heavy (non-hydrogen) atoms. The van der Waals surface area contributed by atoms with Gasteiger partial charge in [0.15, 0.2) is 5.58 Å². The van der Waals surface area contributed by atoms with Gasteiger partial charge in [-0.2, -0.15) is 0 Å². The number of hydrogen-bond donors (Lipinski definition) is 1. The number of nitrogens with one attached hydrogen (secondary N) is 1. The summed E-state index contributed by atoms with van der Waals surface area (Å²) < 4.78 is 6.62. The van der Waals surface area contributed by atoms with Crippen LogP contribution in [0.1, 0.15) is 26.2 Å². The lowest BCUT2D eigenvalue weighted by Crippen LogP contribution is -2.24. The van der Waals surface area contributed by atoms with Gasteiger partial charge in [0.05, 0.1) is 11.0 Å². The maximum absolute atomic E-state index is 5.67. The lowest BCUT2D eigenvalue weighted by atomic mass is 10.3. The zero-order valence-corrected chi connectivity index (χ0v) is 11.0. The molecule has 0 aliphatic carbocycles. The predicted molar refractivity (Wildman–Crippen MR) is 68.3 cm³/mol. The first-order valence-electron chi connectivity index (χ1n) is 5.48. The highest BCUT2D eigenvalue weighted by Crippen LogP contribution is 2.24. The van der Waals surface area contributed by atoms with E-state index in [1.807, 2.05) is 18.2 Å². The van der Waals surface area contributed by atoms with Crippen molar-refractivity contribution in [1.29, 1.82) is 0 Å². The van der Waals surface area contributed by atoms with Gasteiger partial charge in [-0.1, -0.05) is 13.0 Å². The van der Waals surface area contributed by atoms with Gasteiger partial charge in [-0.15, -0.1) is 0 Å². The topological polar surface area (TPSA) is 38.1 Å². The van der Waals surface area contributed by atoms with E-state index in [0.29, 0.717) is 12.6 Å². The summed E-state index contributed by atoms with van der Waals surface area (Å²) in [4.78, 5) is 4.42. The van der Waals surface area contributed by atoms with Crippen LogP contribution in [-0.4, -0.2) is 11.0 Å². The summed E-state index contributed by atoms with van der Waals surface area (Å²) in [7, 11) is 0. The molecule has 2 rings (SSSR count). The maximum atomic E-state index is 5.67. The van der Waals surface area contributed by atoms with Gasteiger partial charge in [0.25, 0.3) is 0 Å². The molecule has 0 saturated heterocycles. The van der Waals surface area contributed by atoms with Gasteiger partial charge in [0, 0.05) is 6.04 Å². The molecule has 0 bridgehead atoms. The van der Waals surface area contributed by atoms with Gasteiger partial charge < -0.3 is 9.73 Å². The van der Waals surface area contributed by atoms with Gasteiger partial charge >= 0.3 is 0 Å². The van der Waals surface area contributed by atoms with E-state index in [2.05, 4.69) is 40.1 Å². The van der Waals surface area contributed by atoms with Crippen molar-refractivity contribution in [1.82, 2.24) is 10.3 Å². The number of hydrogen-bond acceptors (Lipinski definition) is 3. The third-order valence-electron chi connectivity index (χ3n) is 2.63. The normalized spacial score (nSPS) is 13.2. The monoisotopic (exact) mass is 282 g/mol. The van der Waals surface area contributed by atoms with E-state index in [4.69, 9.17) is 4.42 Å². The van der Waals surface area contributed by atoms with Crippen molar-refractivity contribution in [2.24, 2.45) is 0 Å². The van der Waals surface area contributed by atoms with Crippen LogP contribution in [0.5, 0.6) is 0 Å². The zero-order chi connectivity index (χ0) is 11.5. The molecule has 2 aromatic rings. The Labute approximate surface area is 103 Å². The molecule has 0 saturated carbocycles. The summed E-state index contributed by atoms with van der Waals surface area (Å²) in [6.45, 7) is 4.98. The second-order valence-corrected chi connectivity index (χ2v) is 4.74. The molecule has 1 aromatic carbocycles. The zero-order valence-electron chi connectivity index (χ0n) is 9.46. The highest BCUT2D eigenvalue weighted by atomic mass is 79.9. The Morgan fingerprint density at radius 2 is 2.31 bits per heavy atom. The van der Waals surface area contributed by atoms with Gasteiger partial charge in [0.1, 0.15) is 5.52 Å². The molecule has 1 unspecified atom stereocenters. The molecule has 0 radical (unpaired) electrons. The number of aromatic nitrogens is 1. The van der Waals surface area contributed by atoms with Gasteiger partial charge in [-0.05, 0) is 41.4 Å². The third kappa shape index (κ3) is 2.44. The number of para-hydroxylation sites is 1. The van der Waals surface area contributed by atoms with E-state index in [-0.39, 0.29) is 0 Å². The maximum Gasteiger partial charge on any atom is 0.209 e. The molecule has 1 aromatic heterocycles. The number of fused-ring (bicyclic) bond motifs is 1. The summed E-state index contributed by atoms with van der Waals surface area (Å²) in [6, 6.07) is 6.36. The summed E-state index contributed by atoms with van der Waals surface area (Å²) in [6.07, 6.45) is 1.10. The van der Waals surface area contributed by atoms with E-state index in [1.54, 1.807) is 0 Å². The first-order chi connectivity index (χ1) is 7.70. The fourth-order valence-corrected chi connectivity index (χ4v) is 1.88. The van der Waals surface area contributed by atoms with Crippen LogP contribution in [0, 0.1) is 0 Å². The van der Waals surface area contributed by atoms with Crippen LogP contribution in [0.2, 0.25) is 0 Å². The summed E-state index contributed by atoms with van der Waals surface area (Å²) in [5.41, 5.74) is 1.72. The molecular weight excluding hydrogens is 268 g/mol. The molecule has 3 nitrogen and oxygen atoms in total. The van der Waals surface area contributed by atoms with Gasteiger partial charge in [0.2, 0.25) is 5.89 Å². The number of nitrogens with zero attached hydrogens (tertiary/aromatic N) is 1. The lowest BCUT2D eigenvalue weighted by molar-refractivity contribution is 0.454. The standard InChI is InChI=1S/C12H15BrN2O/c1-3-8(2)14-7-11-15-10-6-4-5-9(13)12(10)16-11/h4-6,8,14H,3,7H2,1-2H3. The van der Waals surface area contributed by atoms with Crippen LogP contribution in [0.3, 0.4) is 0 Å². The minimum atomic E-state index is 0.485. The molecule has 4 heteroatoms. The Kier molecular flexibility index (Phi) is 3.61. The summed E-state index contributed by atoms with van der Waals surface area (Å²) in [5, 5.41) is 3.36. The summed E-state index contributed by atoms with van der Waals surface area (Å²) >= 11 is 3.45. The molecule has 1 atom stereocenters. The highest BCUT2D eigenvalue weighted by molar-refractivity contribution is 9.10. The van der Waals surface area contributed by atoms with Crippen LogP contribution in [0.4, 0.5) is 0 Å². The van der Waals surface area contributed by atoms with Crippen molar-refractivity contribution in [3.05, 3.63) is 28.6 Å². The molecule has 86 valence electrons. The van der Waals surface area contributed by atoms with Crippen molar-refractivity contribution < 1.29 is 4.42 Å². The van der Waals surface area contributed by atoms with Crippen LogP contribution >= 0.6 is 15.9 Å². The Balaban J connectivity index is 2.17. The van der Waals surface area contributed by atoms with Crippen LogP contribution in [0.25, 0.3) is 11.1 Å². The van der Waals surface area contributed by atoms with Crippen molar-refractivity contribution in [3.8, 4) is 0 Å². The number of halogens is 1. The molecule has 1 N–H and O–H groups in total. The third-order valence-corrected chi connectivity index (χ3v) is 3.25. The molecular formula is C12H15BrN2O. The Bertz CT molecular complexity index is 481. The quantitative estimate of drug-likeness (QED) is 0.933. The second kappa shape index (κ2) is 4.97. The number of oxazole rings is 1. The van der Waals surface area contributed by atoms with E-state index < -0.39 is 0 Å². The fraction of sp³-hybridized carbons (Fsp3) is 0.417. The van der Waals surface area contributed by atoms with Gasteiger partial charge in [-0.3, -0.25) is 0 Å². The molecule has 0 amide bonds. The average molecular weight is 283 g/mol. The first-order valence-corrected chi connectivity index (χ1v) is 6.27. The van der Waals surface area contributed by atoms with Crippen LogP contribution < -0.4 is 5.32 Å². The molecule has 0 fully saturated rings. The highest BCUT2D eigenvalue weighted by Gasteiger charge is 2.08. The average Bonchev–Trinajstić information content (AvgIpc) is 2.70. The minimum Gasteiger partial charge on any atom is -0.438 e. The molecule has 0 spiro atoms. The van der Waals surface area contributed by atoms with Crippen molar-refractivity contribution >= 4 is 27.0 Å². The molecule has 0 aliphatic rings. The fourth-order valence-electron chi connectivity index (χ4n) is 1.44. The van der Waals surface area contributed by atoms with Crippen molar-refractivity contribution in [3.63, 3.8) is 0 Å². The van der Waals surface area contributed by atoms with Crippen LogP contribution in [0.15, 0.2) is 27.1 Å². The SMILES string of the molecule is CCC(C)NCc1nc2cccc(Br)c2o1. The van der Waals surface area contributed by atoms with Crippen LogP contribution in [-0.2, 0) is 6.54 Å². The molecule has 1 heterocycles. The first kappa shape index (κ1) is 11.6. The van der Waals surface area contributed by atoms with E-state index in [1.165, 1.54) is 0 Å². The Hall–Kier alpha value is -0.870. The second-order valence-electron chi connectivity index (χ2n) is 3.89. The predicted octanol–water partition coefficient (Wildman–Crippen LogP) is 3.48. The lowest BCUT2D eigenvalue weighted by Gasteiger charge is -2.07. The smallest absolute Gasteiger partial charge is 0.209 e. The van der Waals surface area contributed by atoms with Crippen molar-refractivity contribution in [2.75, 3.05) is 0 Å². The largest absolute Gasteiger partial charge is 0.438 e. The van der Waals surface area contributed by atoms with E-state index >= 15 is 0 Å². The molecule has 0 aliphatic heterocycles. The Morgan fingerprint density at radius 1 is 1.50 bits per heavy atom. The van der Waals surface area contributed by atoms with E-state index in [0.717, 1.165) is 27.9 Å².